The summed E-state index contributed by atoms with van der Waals surface area (Å²) in [6.07, 6.45) is 5.11. The zero-order valence-electron chi connectivity index (χ0n) is 13.1. The maximum absolute atomic E-state index is 11.5. The van der Waals surface area contributed by atoms with Gasteiger partial charge in [0.25, 0.3) is 0 Å². The van der Waals surface area contributed by atoms with Gasteiger partial charge in [0.05, 0.1) is 0 Å². The van der Waals surface area contributed by atoms with Crippen LogP contribution in [0.15, 0.2) is 23.8 Å². The smallest absolute Gasteiger partial charge is 0.220 e. The number of fused-ring (bicyclic) bond motifs is 1. The number of amides is 1. The highest BCUT2D eigenvalue weighted by Gasteiger charge is 2.40. The molecule has 0 radical (unpaired) electrons. The summed E-state index contributed by atoms with van der Waals surface area (Å²) >= 11 is 6.07. The summed E-state index contributed by atoms with van der Waals surface area (Å²) in [5.74, 6) is 1.13. The molecule has 0 aromatic heterocycles. The van der Waals surface area contributed by atoms with Crippen LogP contribution in [0.25, 0.3) is 6.08 Å². The lowest BCUT2D eigenvalue weighted by atomic mass is 9.77. The Bertz CT molecular complexity index is 663. The lowest BCUT2D eigenvalue weighted by Crippen LogP contribution is -2.42. The van der Waals surface area contributed by atoms with E-state index in [1.54, 1.807) is 0 Å². The van der Waals surface area contributed by atoms with E-state index in [0.717, 1.165) is 55.4 Å². The second-order valence-corrected chi connectivity index (χ2v) is 7.44. The van der Waals surface area contributed by atoms with Crippen molar-refractivity contribution in [3.8, 4) is 5.75 Å². The van der Waals surface area contributed by atoms with E-state index in [4.69, 9.17) is 16.3 Å². The van der Waals surface area contributed by atoms with Crippen molar-refractivity contribution in [3.63, 3.8) is 0 Å². The van der Waals surface area contributed by atoms with E-state index in [1.807, 2.05) is 18.2 Å². The van der Waals surface area contributed by atoms with Gasteiger partial charge in [0.1, 0.15) is 12.4 Å². The second-order valence-electron chi connectivity index (χ2n) is 7.00. The van der Waals surface area contributed by atoms with Gasteiger partial charge in [0.15, 0.2) is 0 Å². The molecule has 4 nitrogen and oxygen atoms in total. The van der Waals surface area contributed by atoms with Gasteiger partial charge in [-0.25, -0.2) is 0 Å². The van der Waals surface area contributed by atoms with E-state index < -0.39 is 0 Å². The Morgan fingerprint density at radius 2 is 2.13 bits per heavy atom. The Morgan fingerprint density at radius 1 is 1.30 bits per heavy atom. The fourth-order valence-electron chi connectivity index (χ4n) is 3.86. The zero-order valence-corrected chi connectivity index (χ0v) is 13.9. The van der Waals surface area contributed by atoms with Crippen molar-refractivity contribution in [2.45, 2.75) is 19.3 Å². The third-order valence-corrected chi connectivity index (χ3v) is 5.52. The monoisotopic (exact) mass is 332 g/mol. The van der Waals surface area contributed by atoms with Gasteiger partial charge < -0.3 is 10.1 Å². The number of rotatable bonds is 2. The number of carbonyl (C=O) groups is 1. The van der Waals surface area contributed by atoms with E-state index in [0.29, 0.717) is 13.0 Å². The van der Waals surface area contributed by atoms with Crippen LogP contribution in [0.5, 0.6) is 5.75 Å². The Balaban J connectivity index is 1.39. The van der Waals surface area contributed by atoms with Gasteiger partial charge >= 0.3 is 0 Å². The minimum absolute atomic E-state index is 0.213. The Labute approximate surface area is 141 Å². The Morgan fingerprint density at radius 3 is 2.87 bits per heavy atom. The van der Waals surface area contributed by atoms with Crippen LogP contribution in [0.4, 0.5) is 0 Å². The van der Waals surface area contributed by atoms with Crippen molar-refractivity contribution < 1.29 is 9.53 Å². The fraction of sp³-hybridized carbons (Fsp3) is 0.500. The van der Waals surface area contributed by atoms with Crippen LogP contribution in [0.3, 0.4) is 0 Å². The summed E-state index contributed by atoms with van der Waals surface area (Å²) in [6, 6.07) is 5.75. The summed E-state index contributed by atoms with van der Waals surface area (Å²) in [5.41, 5.74) is 2.57. The van der Waals surface area contributed by atoms with Crippen LogP contribution >= 0.6 is 11.6 Å². The third-order valence-electron chi connectivity index (χ3n) is 5.28. The van der Waals surface area contributed by atoms with E-state index in [2.05, 4.69) is 16.3 Å². The first-order chi connectivity index (χ1) is 11.1. The lowest BCUT2D eigenvalue weighted by molar-refractivity contribution is -0.119. The molecule has 1 N–H and O–H groups in total. The Hall–Kier alpha value is -1.52. The van der Waals surface area contributed by atoms with Gasteiger partial charge in [-0.2, -0.15) is 0 Å². The molecule has 122 valence electrons. The molecule has 3 heterocycles. The van der Waals surface area contributed by atoms with Crippen LogP contribution < -0.4 is 10.1 Å². The average Bonchev–Trinajstić information content (AvgIpc) is 2.90. The van der Waals surface area contributed by atoms with Crippen molar-refractivity contribution in [1.29, 1.82) is 0 Å². The van der Waals surface area contributed by atoms with E-state index >= 15 is 0 Å². The van der Waals surface area contributed by atoms with Crippen molar-refractivity contribution in [1.82, 2.24) is 10.2 Å². The highest BCUT2D eigenvalue weighted by atomic mass is 35.5. The van der Waals surface area contributed by atoms with Crippen molar-refractivity contribution in [2.75, 3.05) is 32.8 Å². The van der Waals surface area contributed by atoms with Gasteiger partial charge in [-0.05, 0) is 61.2 Å². The van der Waals surface area contributed by atoms with Crippen molar-refractivity contribution in [3.05, 3.63) is 34.4 Å². The number of nitrogens with zero attached hydrogens (tertiary/aromatic N) is 1. The number of carbonyl (C=O) groups excluding carboxylic acids is 1. The number of ether oxygens (including phenoxy) is 1. The molecule has 1 aromatic rings. The molecule has 0 bridgehead atoms. The normalized spacial score (nSPS) is 23.2. The SMILES string of the molecule is O=C1CC2(CCN(CC3=Cc4cc(Cl)ccc4OC3)CC2)CN1. The fourth-order valence-corrected chi connectivity index (χ4v) is 4.05. The molecule has 1 amide bonds. The number of hydrogen-bond acceptors (Lipinski definition) is 3. The van der Waals surface area contributed by atoms with Gasteiger partial charge in [-0.1, -0.05) is 11.6 Å². The topological polar surface area (TPSA) is 41.6 Å². The number of benzene rings is 1. The molecular formula is C18H21ClN2O2. The zero-order chi connectivity index (χ0) is 15.9. The van der Waals surface area contributed by atoms with Gasteiger partial charge in [-0.3, -0.25) is 9.69 Å². The summed E-state index contributed by atoms with van der Waals surface area (Å²) in [6.45, 7) is 4.54. The molecular weight excluding hydrogens is 312 g/mol. The molecule has 5 heteroatoms. The summed E-state index contributed by atoms with van der Waals surface area (Å²) in [7, 11) is 0. The molecule has 1 spiro atoms. The molecule has 1 aromatic carbocycles. The van der Waals surface area contributed by atoms with E-state index in [1.165, 1.54) is 5.57 Å². The molecule has 0 aliphatic carbocycles. The molecule has 0 atom stereocenters. The summed E-state index contributed by atoms with van der Waals surface area (Å²) in [4.78, 5) is 14.0. The summed E-state index contributed by atoms with van der Waals surface area (Å²) < 4.78 is 5.83. The molecule has 4 rings (SSSR count). The third kappa shape index (κ3) is 3.10. The largest absolute Gasteiger partial charge is 0.489 e. The number of halogens is 1. The number of likely N-dealkylation sites (tertiary alicyclic amines) is 1. The molecule has 23 heavy (non-hydrogen) atoms. The van der Waals surface area contributed by atoms with E-state index in [9.17, 15) is 4.79 Å². The van der Waals surface area contributed by atoms with Crippen LogP contribution in [-0.4, -0.2) is 43.6 Å². The average molecular weight is 333 g/mol. The molecule has 0 saturated carbocycles. The lowest BCUT2D eigenvalue weighted by Gasteiger charge is -2.38. The van der Waals surface area contributed by atoms with Gasteiger partial charge in [0, 0.05) is 30.1 Å². The van der Waals surface area contributed by atoms with Gasteiger partial charge in [0.2, 0.25) is 5.91 Å². The first-order valence-corrected chi connectivity index (χ1v) is 8.61. The quantitative estimate of drug-likeness (QED) is 0.905. The standard InChI is InChI=1S/C18H21ClN2O2/c19-15-1-2-16-14(8-15)7-13(11-23-16)10-21-5-3-18(4-6-21)9-17(22)20-12-18/h1-2,7-8H,3-6,9-12H2,(H,20,22). The second kappa shape index (κ2) is 5.84. The molecule has 2 saturated heterocycles. The molecule has 3 aliphatic rings. The predicted octanol–water partition coefficient (Wildman–Crippen LogP) is 2.72. The Kier molecular flexibility index (Phi) is 3.82. The summed E-state index contributed by atoms with van der Waals surface area (Å²) in [5, 5.41) is 3.73. The van der Waals surface area contributed by atoms with Crippen molar-refractivity contribution >= 4 is 23.6 Å². The van der Waals surface area contributed by atoms with Gasteiger partial charge in [-0.15, -0.1) is 0 Å². The van der Waals surface area contributed by atoms with Crippen LogP contribution in [0.2, 0.25) is 5.02 Å². The van der Waals surface area contributed by atoms with Crippen LogP contribution in [0.1, 0.15) is 24.8 Å². The van der Waals surface area contributed by atoms with Crippen LogP contribution in [-0.2, 0) is 4.79 Å². The minimum Gasteiger partial charge on any atom is -0.489 e. The highest BCUT2D eigenvalue weighted by Crippen LogP contribution is 2.38. The van der Waals surface area contributed by atoms with E-state index in [-0.39, 0.29) is 11.3 Å². The maximum Gasteiger partial charge on any atom is 0.220 e. The number of piperidine rings is 1. The number of hydrogen-bond donors (Lipinski definition) is 1. The first-order valence-electron chi connectivity index (χ1n) is 8.23. The predicted molar refractivity (Wildman–Crippen MR) is 90.7 cm³/mol. The molecule has 0 unspecified atom stereocenters. The maximum atomic E-state index is 11.5. The van der Waals surface area contributed by atoms with Crippen LogP contribution in [0, 0.1) is 5.41 Å². The first kappa shape index (κ1) is 15.0. The number of nitrogens with one attached hydrogen (secondary N) is 1. The highest BCUT2D eigenvalue weighted by molar-refractivity contribution is 6.30. The minimum atomic E-state index is 0.213. The molecule has 2 fully saturated rings. The van der Waals surface area contributed by atoms with Crippen molar-refractivity contribution in [2.24, 2.45) is 5.41 Å². The molecule has 3 aliphatic heterocycles.